The van der Waals surface area contributed by atoms with E-state index in [4.69, 9.17) is 10.8 Å². The van der Waals surface area contributed by atoms with Gasteiger partial charge in [-0.05, 0) is 37.7 Å². The Hall–Kier alpha value is -1.29. The molecule has 4 heteroatoms. The molecule has 1 aliphatic rings. The summed E-state index contributed by atoms with van der Waals surface area (Å²) in [5, 5.41) is 9.00. The van der Waals surface area contributed by atoms with Crippen molar-refractivity contribution in [1.82, 2.24) is 4.98 Å². The van der Waals surface area contributed by atoms with E-state index in [9.17, 15) is 0 Å². The summed E-state index contributed by atoms with van der Waals surface area (Å²) >= 11 is 0. The first-order valence-corrected chi connectivity index (χ1v) is 6.28. The van der Waals surface area contributed by atoms with E-state index in [0.29, 0.717) is 5.92 Å². The van der Waals surface area contributed by atoms with Crippen LogP contribution in [0.5, 0.6) is 0 Å². The molecule has 0 aromatic carbocycles. The molecule has 3 N–H and O–H groups in total. The van der Waals surface area contributed by atoms with Crippen LogP contribution >= 0.6 is 0 Å². The van der Waals surface area contributed by atoms with Crippen molar-refractivity contribution in [2.45, 2.75) is 26.2 Å². The summed E-state index contributed by atoms with van der Waals surface area (Å²) in [5.74, 6) is 1.55. The number of aromatic nitrogens is 1. The summed E-state index contributed by atoms with van der Waals surface area (Å²) in [6.07, 6.45) is 5.09. The minimum Gasteiger partial charge on any atom is -0.398 e. The largest absolute Gasteiger partial charge is 0.398 e. The summed E-state index contributed by atoms with van der Waals surface area (Å²) in [6, 6.07) is 1.96. The number of aryl methyl sites for hydroxylation is 1. The van der Waals surface area contributed by atoms with Gasteiger partial charge in [0.25, 0.3) is 0 Å². The number of nitrogens with two attached hydrogens (primary N) is 1. The first-order chi connectivity index (χ1) is 8.20. The topological polar surface area (TPSA) is 62.4 Å². The van der Waals surface area contributed by atoms with Crippen molar-refractivity contribution in [3.63, 3.8) is 0 Å². The molecular formula is C13H21N3O. The number of piperidine rings is 1. The van der Waals surface area contributed by atoms with Crippen LogP contribution in [0.4, 0.5) is 11.5 Å². The van der Waals surface area contributed by atoms with Gasteiger partial charge in [-0.25, -0.2) is 4.98 Å². The van der Waals surface area contributed by atoms with Gasteiger partial charge in [0.05, 0.1) is 0 Å². The van der Waals surface area contributed by atoms with Gasteiger partial charge in [0, 0.05) is 37.6 Å². The predicted octanol–water partition coefficient (Wildman–Crippen LogP) is 1.57. The third kappa shape index (κ3) is 2.88. The number of rotatable bonds is 3. The highest BCUT2D eigenvalue weighted by atomic mass is 16.3. The standard InChI is InChI=1S/C13H21N3O/c1-10-8-15-13(7-12(10)14)16-5-2-3-11(9-16)4-6-17/h7-8,11,17H,2-6,9H2,1H3,(H2,14,15). The molecule has 0 aliphatic carbocycles. The SMILES string of the molecule is Cc1cnc(N2CCCC(CCO)C2)cc1N. The maximum Gasteiger partial charge on any atom is 0.130 e. The van der Waals surface area contributed by atoms with Gasteiger partial charge in [-0.1, -0.05) is 0 Å². The van der Waals surface area contributed by atoms with E-state index in [2.05, 4.69) is 9.88 Å². The number of hydrogen-bond acceptors (Lipinski definition) is 4. The quantitative estimate of drug-likeness (QED) is 0.835. The minimum atomic E-state index is 0.280. The molecule has 0 bridgehead atoms. The van der Waals surface area contributed by atoms with Crippen molar-refractivity contribution in [1.29, 1.82) is 0 Å². The molecule has 0 radical (unpaired) electrons. The second-order valence-electron chi connectivity index (χ2n) is 4.87. The maximum atomic E-state index is 9.00. The first-order valence-electron chi connectivity index (χ1n) is 6.28. The number of aliphatic hydroxyl groups is 1. The number of pyridine rings is 1. The lowest BCUT2D eigenvalue weighted by Crippen LogP contribution is -2.36. The van der Waals surface area contributed by atoms with Crippen LogP contribution in [0.15, 0.2) is 12.3 Å². The number of hydrogen-bond donors (Lipinski definition) is 2. The Morgan fingerprint density at radius 3 is 3.12 bits per heavy atom. The molecular weight excluding hydrogens is 214 g/mol. The molecule has 1 unspecified atom stereocenters. The molecule has 1 saturated heterocycles. The lowest BCUT2D eigenvalue weighted by atomic mass is 9.95. The highest BCUT2D eigenvalue weighted by Crippen LogP contribution is 2.25. The highest BCUT2D eigenvalue weighted by molar-refractivity contribution is 5.54. The average molecular weight is 235 g/mol. The molecule has 1 aliphatic heterocycles. The summed E-state index contributed by atoms with van der Waals surface area (Å²) in [6.45, 7) is 4.27. The smallest absolute Gasteiger partial charge is 0.130 e. The van der Waals surface area contributed by atoms with Gasteiger partial charge in [0.1, 0.15) is 5.82 Å². The number of aliphatic hydroxyl groups excluding tert-OH is 1. The van der Waals surface area contributed by atoms with E-state index in [1.165, 1.54) is 12.8 Å². The van der Waals surface area contributed by atoms with Crippen molar-refractivity contribution in [2.75, 3.05) is 30.3 Å². The fourth-order valence-electron chi connectivity index (χ4n) is 2.39. The molecule has 0 saturated carbocycles. The van der Waals surface area contributed by atoms with Gasteiger partial charge in [-0.15, -0.1) is 0 Å². The fourth-order valence-corrected chi connectivity index (χ4v) is 2.39. The Kier molecular flexibility index (Phi) is 3.84. The summed E-state index contributed by atoms with van der Waals surface area (Å²) in [4.78, 5) is 6.72. The van der Waals surface area contributed by atoms with Gasteiger partial charge >= 0.3 is 0 Å². The molecule has 94 valence electrons. The first kappa shape index (κ1) is 12.2. The van der Waals surface area contributed by atoms with Crippen LogP contribution in [0.1, 0.15) is 24.8 Å². The van der Waals surface area contributed by atoms with Crippen molar-refractivity contribution in [3.05, 3.63) is 17.8 Å². The fraction of sp³-hybridized carbons (Fsp3) is 0.615. The molecule has 0 amide bonds. The number of nitrogens with zero attached hydrogens (tertiary/aromatic N) is 2. The van der Waals surface area contributed by atoms with E-state index in [0.717, 1.165) is 36.6 Å². The van der Waals surface area contributed by atoms with E-state index < -0.39 is 0 Å². The monoisotopic (exact) mass is 235 g/mol. The Morgan fingerprint density at radius 1 is 1.59 bits per heavy atom. The van der Waals surface area contributed by atoms with Crippen LogP contribution in [-0.4, -0.2) is 29.8 Å². The minimum absolute atomic E-state index is 0.280. The van der Waals surface area contributed by atoms with Crippen molar-refractivity contribution in [3.8, 4) is 0 Å². The second kappa shape index (κ2) is 5.36. The third-order valence-corrected chi connectivity index (χ3v) is 3.51. The zero-order chi connectivity index (χ0) is 12.3. The Balaban J connectivity index is 2.08. The van der Waals surface area contributed by atoms with Crippen LogP contribution in [0.3, 0.4) is 0 Å². The molecule has 2 heterocycles. The highest BCUT2D eigenvalue weighted by Gasteiger charge is 2.20. The average Bonchev–Trinajstić information content (AvgIpc) is 2.33. The predicted molar refractivity (Wildman–Crippen MR) is 70.0 cm³/mol. The van der Waals surface area contributed by atoms with Crippen molar-refractivity contribution in [2.24, 2.45) is 5.92 Å². The molecule has 1 atom stereocenters. The lowest BCUT2D eigenvalue weighted by Gasteiger charge is -2.33. The van der Waals surface area contributed by atoms with Crippen LogP contribution in [0.25, 0.3) is 0 Å². The van der Waals surface area contributed by atoms with Gasteiger partial charge in [0.2, 0.25) is 0 Å². The third-order valence-electron chi connectivity index (χ3n) is 3.51. The van der Waals surface area contributed by atoms with E-state index in [1.807, 2.05) is 19.2 Å². The number of anilines is 2. The molecule has 0 spiro atoms. The summed E-state index contributed by atoms with van der Waals surface area (Å²) < 4.78 is 0. The number of nitrogen functional groups attached to an aromatic ring is 1. The van der Waals surface area contributed by atoms with E-state index in [1.54, 1.807) is 0 Å². The second-order valence-corrected chi connectivity index (χ2v) is 4.87. The van der Waals surface area contributed by atoms with Gasteiger partial charge in [0.15, 0.2) is 0 Å². The molecule has 1 fully saturated rings. The Labute approximate surface area is 102 Å². The normalized spacial score (nSPS) is 20.6. The van der Waals surface area contributed by atoms with Gasteiger partial charge < -0.3 is 15.7 Å². The summed E-state index contributed by atoms with van der Waals surface area (Å²) in [5.41, 5.74) is 7.74. The molecule has 17 heavy (non-hydrogen) atoms. The van der Waals surface area contributed by atoms with E-state index >= 15 is 0 Å². The zero-order valence-electron chi connectivity index (χ0n) is 10.4. The Morgan fingerprint density at radius 2 is 2.41 bits per heavy atom. The lowest BCUT2D eigenvalue weighted by molar-refractivity contribution is 0.244. The molecule has 4 nitrogen and oxygen atoms in total. The molecule has 1 aromatic rings. The van der Waals surface area contributed by atoms with Gasteiger partial charge in [-0.2, -0.15) is 0 Å². The van der Waals surface area contributed by atoms with Gasteiger partial charge in [-0.3, -0.25) is 0 Å². The molecule has 1 aromatic heterocycles. The van der Waals surface area contributed by atoms with Crippen molar-refractivity contribution >= 4 is 11.5 Å². The zero-order valence-corrected chi connectivity index (χ0v) is 10.4. The van der Waals surface area contributed by atoms with Crippen LogP contribution in [-0.2, 0) is 0 Å². The van der Waals surface area contributed by atoms with E-state index in [-0.39, 0.29) is 6.61 Å². The maximum absolute atomic E-state index is 9.00. The summed E-state index contributed by atoms with van der Waals surface area (Å²) in [7, 11) is 0. The van der Waals surface area contributed by atoms with Crippen molar-refractivity contribution < 1.29 is 5.11 Å². The Bertz CT molecular complexity index is 379. The molecule has 2 rings (SSSR count). The van der Waals surface area contributed by atoms with Crippen LogP contribution in [0.2, 0.25) is 0 Å². The van der Waals surface area contributed by atoms with Crippen LogP contribution in [0, 0.1) is 12.8 Å². The van der Waals surface area contributed by atoms with Crippen LogP contribution < -0.4 is 10.6 Å².